The van der Waals surface area contributed by atoms with E-state index in [0.717, 1.165) is 25.9 Å². The molecule has 1 saturated heterocycles. The van der Waals surface area contributed by atoms with Crippen LogP contribution in [0.5, 0.6) is 0 Å². The van der Waals surface area contributed by atoms with Gasteiger partial charge in [-0.15, -0.1) is 0 Å². The third kappa shape index (κ3) is 5.65. The summed E-state index contributed by atoms with van der Waals surface area (Å²) >= 11 is 0. The Morgan fingerprint density at radius 3 is 2.40 bits per heavy atom. The molecule has 2 N–H and O–H groups in total. The lowest BCUT2D eigenvalue weighted by Crippen LogP contribution is -2.49. The molecule has 6 nitrogen and oxygen atoms in total. The van der Waals surface area contributed by atoms with E-state index in [-0.39, 0.29) is 6.54 Å². The molecular formula is C13H29N3O3S. The zero-order valence-electron chi connectivity index (χ0n) is 13.1. The molecule has 1 rings (SSSR count). The Hall–Kier alpha value is -0.210. The van der Waals surface area contributed by atoms with Gasteiger partial charge < -0.3 is 10.1 Å². The second-order valence-electron chi connectivity index (χ2n) is 5.94. The monoisotopic (exact) mass is 307 g/mol. The molecule has 0 aliphatic carbocycles. The molecule has 20 heavy (non-hydrogen) atoms. The fourth-order valence-electron chi connectivity index (χ4n) is 2.13. The highest BCUT2D eigenvalue weighted by Gasteiger charge is 2.29. The van der Waals surface area contributed by atoms with Gasteiger partial charge in [0.25, 0.3) is 10.2 Å². The molecule has 7 heteroatoms. The van der Waals surface area contributed by atoms with E-state index in [4.69, 9.17) is 4.74 Å². The maximum atomic E-state index is 12.2. The predicted molar refractivity (Wildman–Crippen MR) is 80.9 cm³/mol. The standard InChI is InChI=1S/C13H29N3O3S/c1-5-14-10-12-6-8-16(9-7-12)20(17,18)15-11-13(2,3)19-4/h12,14-15H,5-11H2,1-4H3. The van der Waals surface area contributed by atoms with Gasteiger partial charge in [0.05, 0.1) is 5.60 Å². The molecule has 0 aromatic heterocycles. The number of hydrogen-bond donors (Lipinski definition) is 2. The minimum atomic E-state index is -3.39. The molecule has 0 amide bonds. The van der Waals surface area contributed by atoms with Gasteiger partial charge in [-0.1, -0.05) is 6.92 Å². The van der Waals surface area contributed by atoms with Crippen LogP contribution < -0.4 is 10.0 Å². The number of nitrogens with one attached hydrogen (secondary N) is 2. The number of piperidine rings is 1. The first-order valence-corrected chi connectivity index (χ1v) is 8.75. The Bertz CT molecular complexity index is 376. The molecule has 0 atom stereocenters. The molecular weight excluding hydrogens is 278 g/mol. The van der Waals surface area contributed by atoms with Crippen molar-refractivity contribution in [1.29, 1.82) is 0 Å². The fraction of sp³-hybridized carbons (Fsp3) is 1.00. The molecule has 120 valence electrons. The van der Waals surface area contributed by atoms with Crippen LogP contribution >= 0.6 is 0 Å². The van der Waals surface area contributed by atoms with Crippen LogP contribution in [0, 0.1) is 5.92 Å². The van der Waals surface area contributed by atoms with Gasteiger partial charge in [-0.2, -0.15) is 17.4 Å². The highest BCUT2D eigenvalue weighted by atomic mass is 32.2. The van der Waals surface area contributed by atoms with Crippen molar-refractivity contribution in [3.63, 3.8) is 0 Å². The summed E-state index contributed by atoms with van der Waals surface area (Å²) in [6.07, 6.45) is 1.84. The van der Waals surface area contributed by atoms with Crippen molar-refractivity contribution in [2.24, 2.45) is 5.92 Å². The van der Waals surface area contributed by atoms with Gasteiger partial charge in [0.2, 0.25) is 0 Å². The quantitative estimate of drug-likeness (QED) is 0.688. The molecule has 1 fully saturated rings. The molecule has 0 unspecified atom stereocenters. The first-order valence-electron chi connectivity index (χ1n) is 7.31. The Morgan fingerprint density at radius 2 is 1.90 bits per heavy atom. The minimum Gasteiger partial charge on any atom is -0.377 e. The van der Waals surface area contributed by atoms with Crippen molar-refractivity contribution in [3.05, 3.63) is 0 Å². The zero-order chi connectivity index (χ0) is 15.2. The second kappa shape index (κ2) is 7.70. The van der Waals surface area contributed by atoms with Gasteiger partial charge in [-0.05, 0) is 45.7 Å². The number of nitrogens with zero attached hydrogens (tertiary/aromatic N) is 1. The van der Waals surface area contributed by atoms with Crippen molar-refractivity contribution in [2.45, 2.75) is 39.2 Å². The first-order chi connectivity index (χ1) is 9.30. The largest absolute Gasteiger partial charge is 0.377 e. The number of rotatable bonds is 8. The number of hydrogen-bond acceptors (Lipinski definition) is 4. The predicted octanol–water partition coefficient (Wildman–Crippen LogP) is 0.567. The summed E-state index contributed by atoms with van der Waals surface area (Å²) in [5.41, 5.74) is -0.490. The molecule has 0 bridgehead atoms. The highest BCUT2D eigenvalue weighted by molar-refractivity contribution is 7.87. The molecule has 1 heterocycles. The Kier molecular flexibility index (Phi) is 6.87. The molecule has 0 spiro atoms. The van der Waals surface area contributed by atoms with Crippen molar-refractivity contribution < 1.29 is 13.2 Å². The van der Waals surface area contributed by atoms with Crippen LogP contribution in [-0.2, 0) is 14.9 Å². The van der Waals surface area contributed by atoms with E-state index in [1.54, 1.807) is 11.4 Å². The van der Waals surface area contributed by atoms with Gasteiger partial charge in [-0.25, -0.2) is 0 Å². The molecule has 0 aromatic rings. The molecule has 0 radical (unpaired) electrons. The van der Waals surface area contributed by atoms with Crippen LogP contribution in [0.3, 0.4) is 0 Å². The van der Waals surface area contributed by atoms with E-state index in [1.807, 2.05) is 13.8 Å². The van der Waals surface area contributed by atoms with Crippen LogP contribution in [0.15, 0.2) is 0 Å². The summed E-state index contributed by atoms with van der Waals surface area (Å²) in [5.74, 6) is 0.580. The van der Waals surface area contributed by atoms with Crippen LogP contribution in [0.4, 0.5) is 0 Å². The summed E-state index contributed by atoms with van der Waals surface area (Å²) < 4.78 is 33.8. The van der Waals surface area contributed by atoms with Gasteiger partial charge in [0.1, 0.15) is 0 Å². The fourth-order valence-corrected chi connectivity index (χ4v) is 3.53. The lowest BCUT2D eigenvalue weighted by molar-refractivity contribution is 0.0272. The molecule has 1 aliphatic rings. The summed E-state index contributed by atoms with van der Waals surface area (Å²) in [7, 11) is -1.80. The van der Waals surface area contributed by atoms with E-state index in [9.17, 15) is 8.42 Å². The molecule has 0 aromatic carbocycles. The number of ether oxygens (including phenoxy) is 1. The van der Waals surface area contributed by atoms with Crippen molar-refractivity contribution in [1.82, 2.24) is 14.3 Å². The SMILES string of the molecule is CCNCC1CCN(S(=O)(=O)NCC(C)(C)OC)CC1. The maximum Gasteiger partial charge on any atom is 0.279 e. The van der Waals surface area contributed by atoms with Gasteiger partial charge in [0.15, 0.2) is 0 Å². The van der Waals surface area contributed by atoms with Crippen LogP contribution in [-0.4, -0.2) is 58.2 Å². The Morgan fingerprint density at radius 1 is 1.30 bits per heavy atom. The third-order valence-corrected chi connectivity index (χ3v) is 5.38. The van der Waals surface area contributed by atoms with E-state index in [1.165, 1.54) is 0 Å². The highest BCUT2D eigenvalue weighted by Crippen LogP contribution is 2.18. The summed E-state index contributed by atoms with van der Waals surface area (Å²) in [4.78, 5) is 0. The summed E-state index contributed by atoms with van der Waals surface area (Å²) in [5, 5.41) is 3.32. The maximum absolute atomic E-state index is 12.2. The van der Waals surface area contributed by atoms with Crippen LogP contribution in [0.1, 0.15) is 33.6 Å². The van der Waals surface area contributed by atoms with E-state index >= 15 is 0 Å². The zero-order valence-corrected chi connectivity index (χ0v) is 13.9. The van der Waals surface area contributed by atoms with E-state index in [0.29, 0.717) is 19.0 Å². The average molecular weight is 307 g/mol. The van der Waals surface area contributed by atoms with Gasteiger partial charge in [0, 0.05) is 26.7 Å². The molecule has 0 saturated carbocycles. The summed E-state index contributed by atoms with van der Waals surface area (Å²) in [6, 6.07) is 0. The first kappa shape index (κ1) is 17.8. The van der Waals surface area contributed by atoms with E-state index in [2.05, 4.69) is 17.0 Å². The van der Waals surface area contributed by atoms with Crippen LogP contribution in [0.2, 0.25) is 0 Å². The number of methoxy groups -OCH3 is 1. The van der Waals surface area contributed by atoms with E-state index < -0.39 is 15.8 Å². The second-order valence-corrected chi connectivity index (χ2v) is 7.70. The normalized spacial score (nSPS) is 19.4. The van der Waals surface area contributed by atoms with Crippen molar-refractivity contribution in [3.8, 4) is 0 Å². The van der Waals surface area contributed by atoms with Crippen LogP contribution in [0.25, 0.3) is 0 Å². The smallest absolute Gasteiger partial charge is 0.279 e. The third-order valence-electron chi connectivity index (χ3n) is 3.83. The minimum absolute atomic E-state index is 0.281. The van der Waals surface area contributed by atoms with Gasteiger partial charge in [-0.3, -0.25) is 0 Å². The topological polar surface area (TPSA) is 70.7 Å². The summed E-state index contributed by atoms with van der Waals surface area (Å²) in [6.45, 7) is 9.22. The molecule has 1 aliphatic heterocycles. The van der Waals surface area contributed by atoms with Crippen molar-refractivity contribution in [2.75, 3.05) is 39.8 Å². The van der Waals surface area contributed by atoms with Crippen molar-refractivity contribution >= 4 is 10.2 Å². The van der Waals surface area contributed by atoms with Gasteiger partial charge >= 0.3 is 0 Å². The Balaban J connectivity index is 2.43. The lowest BCUT2D eigenvalue weighted by Gasteiger charge is -2.32. The lowest BCUT2D eigenvalue weighted by atomic mass is 9.98. The average Bonchev–Trinajstić information content (AvgIpc) is 2.44. The Labute approximate surface area is 123 Å².